The lowest BCUT2D eigenvalue weighted by atomic mass is 10.1. The molecule has 0 radical (unpaired) electrons. The van der Waals surface area contributed by atoms with Gasteiger partial charge in [0.1, 0.15) is 16.1 Å². The summed E-state index contributed by atoms with van der Waals surface area (Å²) in [5.74, 6) is 1.77. The summed E-state index contributed by atoms with van der Waals surface area (Å²) in [6.45, 7) is 7.70. The summed E-state index contributed by atoms with van der Waals surface area (Å²) in [5.41, 5.74) is 1.81. The van der Waals surface area contributed by atoms with Gasteiger partial charge in [-0.25, -0.2) is 9.97 Å². The van der Waals surface area contributed by atoms with Crippen molar-refractivity contribution in [3.05, 3.63) is 30.1 Å². The molecule has 3 aromatic rings. The molecular formula is C25H33N5O3S2. The molecular weight excluding hydrogens is 482 g/mol. The Morgan fingerprint density at radius 1 is 1.09 bits per heavy atom. The Hall–Kier alpha value is -2.59. The number of nitrogens with zero attached hydrogens (tertiary/aromatic N) is 4. The molecule has 1 amide bonds. The number of thiazole rings is 1. The van der Waals surface area contributed by atoms with Crippen LogP contribution in [0.5, 0.6) is 11.5 Å². The zero-order chi connectivity index (χ0) is 24.5. The van der Waals surface area contributed by atoms with Gasteiger partial charge in [-0.15, -0.1) is 0 Å². The molecule has 8 nitrogen and oxygen atoms in total. The number of hydrogen-bond donors (Lipinski definition) is 1. The molecule has 1 aliphatic heterocycles. The van der Waals surface area contributed by atoms with Crippen LogP contribution >= 0.6 is 23.1 Å². The quantitative estimate of drug-likeness (QED) is 0.290. The van der Waals surface area contributed by atoms with Crippen LogP contribution in [0.1, 0.15) is 45.1 Å². The number of fused-ring (bicyclic) bond motifs is 1. The standard InChI is InChI=1S/C25H33N5O3S2/c1-3-32-19-10-9-18(15-20(19)33-4-2)11-12-26-21(31)16-34-24-22-23(27-17-28-24)29-25(35-22)30-13-7-5-6-8-14-30/h9-10,15,17H,3-8,11-14,16H2,1-2H3,(H,26,31). The largest absolute Gasteiger partial charge is 0.490 e. The van der Waals surface area contributed by atoms with E-state index in [4.69, 9.17) is 14.5 Å². The van der Waals surface area contributed by atoms with Gasteiger partial charge in [-0.1, -0.05) is 42.0 Å². The van der Waals surface area contributed by atoms with Crippen LogP contribution in [0.15, 0.2) is 29.6 Å². The highest BCUT2D eigenvalue weighted by Gasteiger charge is 2.18. The zero-order valence-electron chi connectivity index (χ0n) is 20.4. The van der Waals surface area contributed by atoms with Crippen molar-refractivity contribution in [2.24, 2.45) is 0 Å². The van der Waals surface area contributed by atoms with Gasteiger partial charge in [0.15, 0.2) is 22.3 Å². The molecule has 4 rings (SSSR count). The first kappa shape index (κ1) is 25.5. The van der Waals surface area contributed by atoms with Gasteiger partial charge in [-0.3, -0.25) is 4.79 Å². The average molecular weight is 516 g/mol. The smallest absolute Gasteiger partial charge is 0.230 e. The number of anilines is 1. The van der Waals surface area contributed by atoms with E-state index in [0.29, 0.717) is 37.6 Å². The number of ether oxygens (including phenoxy) is 2. The van der Waals surface area contributed by atoms with Crippen LogP contribution in [0.4, 0.5) is 5.13 Å². The Bertz CT molecular complexity index is 1120. The number of amides is 1. The highest BCUT2D eigenvalue weighted by molar-refractivity contribution is 8.00. The minimum Gasteiger partial charge on any atom is -0.490 e. The lowest BCUT2D eigenvalue weighted by Crippen LogP contribution is -2.27. The van der Waals surface area contributed by atoms with Crippen molar-refractivity contribution < 1.29 is 14.3 Å². The number of rotatable bonds is 11. The molecule has 0 spiro atoms. The van der Waals surface area contributed by atoms with Gasteiger partial charge in [0, 0.05) is 19.6 Å². The summed E-state index contributed by atoms with van der Waals surface area (Å²) in [4.78, 5) is 28.4. The monoisotopic (exact) mass is 515 g/mol. The maximum absolute atomic E-state index is 12.5. The topological polar surface area (TPSA) is 89.5 Å². The van der Waals surface area contributed by atoms with Crippen molar-refractivity contribution in [1.82, 2.24) is 20.3 Å². The second-order valence-electron chi connectivity index (χ2n) is 8.26. The molecule has 0 saturated carbocycles. The first-order valence-electron chi connectivity index (χ1n) is 12.3. The van der Waals surface area contributed by atoms with E-state index in [-0.39, 0.29) is 5.91 Å². The summed E-state index contributed by atoms with van der Waals surface area (Å²) < 4.78 is 12.3. The third kappa shape index (κ3) is 6.98. The van der Waals surface area contributed by atoms with Gasteiger partial charge >= 0.3 is 0 Å². The van der Waals surface area contributed by atoms with Gasteiger partial charge in [0.2, 0.25) is 5.91 Å². The van der Waals surface area contributed by atoms with Crippen molar-refractivity contribution in [2.45, 2.75) is 51.0 Å². The minimum absolute atomic E-state index is 0.0185. The summed E-state index contributed by atoms with van der Waals surface area (Å²) in [6, 6.07) is 5.92. The second-order valence-corrected chi connectivity index (χ2v) is 10.2. The number of thioether (sulfide) groups is 1. The molecule has 3 heterocycles. The van der Waals surface area contributed by atoms with Crippen molar-refractivity contribution >= 4 is 44.5 Å². The van der Waals surface area contributed by atoms with Gasteiger partial charge in [-0.2, -0.15) is 4.98 Å². The van der Waals surface area contributed by atoms with Crippen LogP contribution in [0.3, 0.4) is 0 Å². The third-order valence-electron chi connectivity index (χ3n) is 5.71. The van der Waals surface area contributed by atoms with Crippen LogP contribution in [-0.2, 0) is 11.2 Å². The van der Waals surface area contributed by atoms with Gasteiger partial charge < -0.3 is 19.7 Å². The summed E-state index contributed by atoms with van der Waals surface area (Å²) in [7, 11) is 0. The van der Waals surface area contributed by atoms with E-state index < -0.39 is 0 Å². The van der Waals surface area contributed by atoms with E-state index in [1.807, 2.05) is 32.0 Å². The predicted octanol–water partition coefficient (Wildman–Crippen LogP) is 4.72. The lowest BCUT2D eigenvalue weighted by molar-refractivity contribution is -0.118. The van der Waals surface area contributed by atoms with Crippen molar-refractivity contribution in [2.75, 3.05) is 43.5 Å². The predicted molar refractivity (Wildman–Crippen MR) is 142 cm³/mol. The molecule has 1 saturated heterocycles. The molecule has 10 heteroatoms. The minimum atomic E-state index is -0.0185. The van der Waals surface area contributed by atoms with Crippen LogP contribution < -0.4 is 19.7 Å². The number of nitrogens with one attached hydrogen (secondary N) is 1. The van der Waals surface area contributed by atoms with E-state index in [1.165, 1.54) is 43.8 Å². The first-order chi connectivity index (χ1) is 17.2. The highest BCUT2D eigenvalue weighted by atomic mass is 32.2. The molecule has 0 unspecified atom stereocenters. The Morgan fingerprint density at radius 2 is 1.86 bits per heavy atom. The number of aromatic nitrogens is 3. The molecule has 0 bridgehead atoms. The molecule has 35 heavy (non-hydrogen) atoms. The highest BCUT2D eigenvalue weighted by Crippen LogP contribution is 2.34. The Kier molecular flexibility index (Phi) is 9.42. The SMILES string of the molecule is CCOc1ccc(CCNC(=O)CSc2ncnc3nc(N4CCCCCC4)sc23)cc1OCC. The third-order valence-corrected chi connectivity index (χ3v) is 7.94. The number of carbonyl (C=O) groups excluding carboxylic acids is 1. The molecule has 1 aromatic carbocycles. The normalized spacial score (nSPS) is 14.1. The molecule has 1 fully saturated rings. The van der Waals surface area contributed by atoms with E-state index >= 15 is 0 Å². The number of hydrogen-bond acceptors (Lipinski definition) is 9. The van der Waals surface area contributed by atoms with Crippen LogP contribution in [0.2, 0.25) is 0 Å². The first-order valence-corrected chi connectivity index (χ1v) is 14.1. The number of carbonyl (C=O) groups is 1. The average Bonchev–Trinajstić information content (AvgIpc) is 3.11. The van der Waals surface area contributed by atoms with Gasteiger partial charge in [0.25, 0.3) is 0 Å². The Morgan fingerprint density at radius 3 is 2.63 bits per heavy atom. The fourth-order valence-electron chi connectivity index (χ4n) is 4.00. The maximum Gasteiger partial charge on any atom is 0.230 e. The van der Waals surface area contributed by atoms with Gasteiger partial charge in [0.05, 0.1) is 19.0 Å². The van der Waals surface area contributed by atoms with Crippen molar-refractivity contribution in [3.63, 3.8) is 0 Å². The van der Waals surface area contributed by atoms with E-state index in [9.17, 15) is 4.79 Å². The maximum atomic E-state index is 12.5. The van der Waals surface area contributed by atoms with Crippen LogP contribution in [0.25, 0.3) is 10.3 Å². The summed E-state index contributed by atoms with van der Waals surface area (Å²) >= 11 is 3.07. The Balaban J connectivity index is 1.30. The molecule has 188 valence electrons. The molecule has 0 aliphatic carbocycles. The summed E-state index contributed by atoms with van der Waals surface area (Å²) in [5, 5.41) is 4.83. The summed E-state index contributed by atoms with van der Waals surface area (Å²) in [6.07, 6.45) is 7.22. The fourth-order valence-corrected chi connectivity index (χ4v) is 5.98. The van der Waals surface area contributed by atoms with E-state index in [2.05, 4.69) is 20.2 Å². The van der Waals surface area contributed by atoms with Gasteiger partial charge in [-0.05, 0) is 50.8 Å². The second kappa shape index (κ2) is 12.9. The van der Waals surface area contributed by atoms with Crippen molar-refractivity contribution in [3.8, 4) is 11.5 Å². The zero-order valence-corrected chi connectivity index (χ0v) is 22.1. The van der Waals surface area contributed by atoms with E-state index in [0.717, 1.165) is 45.0 Å². The molecule has 1 N–H and O–H groups in total. The Labute approximate surface area is 214 Å². The van der Waals surface area contributed by atoms with Crippen molar-refractivity contribution in [1.29, 1.82) is 0 Å². The molecule has 1 aliphatic rings. The molecule has 2 aromatic heterocycles. The molecule has 0 atom stereocenters. The van der Waals surface area contributed by atoms with E-state index in [1.54, 1.807) is 11.3 Å². The number of benzene rings is 1. The van der Waals surface area contributed by atoms with Crippen LogP contribution in [0, 0.1) is 0 Å². The lowest BCUT2D eigenvalue weighted by Gasteiger charge is -2.18. The van der Waals surface area contributed by atoms with Crippen LogP contribution in [-0.4, -0.2) is 59.5 Å². The fraction of sp³-hybridized carbons (Fsp3) is 0.520.